The summed E-state index contributed by atoms with van der Waals surface area (Å²) in [7, 11) is 0. The second kappa shape index (κ2) is 3.04. The van der Waals surface area contributed by atoms with Gasteiger partial charge in [0.2, 0.25) is 0 Å². The fraction of sp³-hybridized carbons (Fsp3) is 0.600. The smallest absolute Gasteiger partial charge is 0.128 e. The third kappa shape index (κ3) is 1.32. The maximum absolute atomic E-state index is 5.76. The Balaban J connectivity index is 2.05. The summed E-state index contributed by atoms with van der Waals surface area (Å²) in [5.74, 6) is 0. The predicted octanol–water partition coefficient (Wildman–Crippen LogP) is 1.68. The van der Waals surface area contributed by atoms with Gasteiger partial charge in [-0.2, -0.15) is 0 Å². The molecule has 2 heteroatoms. The minimum atomic E-state index is -0.237. The van der Waals surface area contributed by atoms with E-state index in [1.807, 2.05) is 6.92 Å². The lowest BCUT2D eigenvalue weighted by Crippen LogP contribution is -2.34. The molecule has 2 heterocycles. The van der Waals surface area contributed by atoms with E-state index in [1.165, 1.54) is 0 Å². The van der Waals surface area contributed by atoms with E-state index in [4.69, 9.17) is 9.47 Å². The van der Waals surface area contributed by atoms with Crippen molar-refractivity contribution in [3.8, 4) is 0 Å². The molecule has 0 aliphatic carbocycles. The number of fused-ring (bicyclic) bond motifs is 2. The first-order chi connectivity index (χ1) is 5.85. The van der Waals surface area contributed by atoms with E-state index in [0.29, 0.717) is 6.61 Å². The average molecular weight is 166 g/mol. The highest BCUT2D eigenvalue weighted by Gasteiger charge is 2.35. The first-order valence-electron chi connectivity index (χ1n) is 4.47. The van der Waals surface area contributed by atoms with Crippen LogP contribution in [0.5, 0.6) is 0 Å². The maximum atomic E-state index is 5.76. The van der Waals surface area contributed by atoms with Crippen LogP contribution in [0.1, 0.15) is 13.3 Å². The molecule has 66 valence electrons. The van der Waals surface area contributed by atoms with Crippen molar-refractivity contribution in [2.45, 2.75) is 25.0 Å². The monoisotopic (exact) mass is 166 g/mol. The Morgan fingerprint density at radius 2 is 2.50 bits per heavy atom. The molecule has 0 aromatic carbocycles. The third-order valence-electron chi connectivity index (χ3n) is 2.26. The zero-order valence-corrected chi connectivity index (χ0v) is 7.32. The average Bonchev–Trinajstić information content (AvgIpc) is 2.40. The van der Waals surface area contributed by atoms with E-state index >= 15 is 0 Å². The first kappa shape index (κ1) is 8.02. The largest absolute Gasteiger partial charge is 0.378 e. The van der Waals surface area contributed by atoms with E-state index in [9.17, 15) is 0 Å². The van der Waals surface area contributed by atoms with E-state index < -0.39 is 0 Å². The van der Waals surface area contributed by atoms with Crippen LogP contribution in [0.3, 0.4) is 0 Å². The minimum Gasteiger partial charge on any atom is -0.378 e. The van der Waals surface area contributed by atoms with Gasteiger partial charge in [-0.15, -0.1) is 0 Å². The van der Waals surface area contributed by atoms with Gasteiger partial charge in [0.05, 0.1) is 12.7 Å². The Bertz CT molecular complexity index is 216. The third-order valence-corrected chi connectivity index (χ3v) is 2.26. The van der Waals surface area contributed by atoms with Gasteiger partial charge >= 0.3 is 0 Å². The van der Waals surface area contributed by atoms with Crippen molar-refractivity contribution in [2.24, 2.45) is 0 Å². The molecule has 12 heavy (non-hydrogen) atoms. The molecule has 0 aromatic rings. The minimum absolute atomic E-state index is 0.237. The van der Waals surface area contributed by atoms with Crippen LogP contribution in [0, 0.1) is 0 Å². The second-order valence-electron chi connectivity index (χ2n) is 3.25. The van der Waals surface area contributed by atoms with E-state index in [0.717, 1.165) is 13.0 Å². The quantitative estimate of drug-likeness (QED) is 0.594. The van der Waals surface area contributed by atoms with Crippen LogP contribution in [-0.2, 0) is 9.47 Å². The van der Waals surface area contributed by atoms with Gasteiger partial charge in [0, 0.05) is 6.61 Å². The van der Waals surface area contributed by atoms with Gasteiger partial charge in [-0.1, -0.05) is 18.2 Å². The Morgan fingerprint density at radius 1 is 1.58 bits per heavy atom. The van der Waals surface area contributed by atoms with Crippen LogP contribution in [0.15, 0.2) is 24.3 Å². The molecule has 0 radical (unpaired) electrons. The van der Waals surface area contributed by atoms with Crippen molar-refractivity contribution in [1.82, 2.24) is 0 Å². The highest BCUT2D eigenvalue weighted by atomic mass is 16.6. The lowest BCUT2D eigenvalue weighted by Gasteiger charge is -2.28. The van der Waals surface area contributed by atoms with Gasteiger partial charge in [0.1, 0.15) is 5.60 Å². The van der Waals surface area contributed by atoms with Gasteiger partial charge < -0.3 is 9.47 Å². The number of rotatable bonds is 3. The zero-order valence-electron chi connectivity index (χ0n) is 7.32. The van der Waals surface area contributed by atoms with Gasteiger partial charge in [-0.05, 0) is 19.4 Å². The molecule has 0 fully saturated rings. The molecule has 2 aliphatic rings. The summed E-state index contributed by atoms with van der Waals surface area (Å²) in [5, 5.41) is 0. The van der Waals surface area contributed by atoms with Crippen LogP contribution >= 0.6 is 0 Å². The molecule has 0 N–H and O–H groups in total. The predicted molar refractivity (Wildman–Crippen MR) is 47.0 cm³/mol. The molecule has 0 spiro atoms. The van der Waals surface area contributed by atoms with E-state index in [1.54, 1.807) is 0 Å². The molecule has 0 saturated heterocycles. The van der Waals surface area contributed by atoms with Gasteiger partial charge in [-0.3, -0.25) is 0 Å². The lowest BCUT2D eigenvalue weighted by molar-refractivity contribution is -0.0509. The van der Waals surface area contributed by atoms with Crippen molar-refractivity contribution in [1.29, 1.82) is 0 Å². The normalized spacial score (nSPS) is 37.6. The second-order valence-corrected chi connectivity index (χ2v) is 3.25. The molecule has 2 unspecified atom stereocenters. The number of ether oxygens (including phenoxy) is 2. The molecule has 2 rings (SSSR count). The van der Waals surface area contributed by atoms with Crippen molar-refractivity contribution >= 4 is 0 Å². The van der Waals surface area contributed by atoms with Crippen molar-refractivity contribution in [2.75, 3.05) is 13.2 Å². The molecule has 2 nitrogen and oxygen atoms in total. The van der Waals surface area contributed by atoms with E-state index in [-0.39, 0.29) is 11.7 Å². The van der Waals surface area contributed by atoms with Crippen molar-refractivity contribution < 1.29 is 9.47 Å². The summed E-state index contributed by atoms with van der Waals surface area (Å²) in [6.45, 7) is 3.39. The summed E-state index contributed by atoms with van der Waals surface area (Å²) >= 11 is 0. The molecule has 2 aliphatic heterocycles. The molecule has 2 atom stereocenters. The Kier molecular flexibility index (Phi) is 2.03. The summed E-state index contributed by atoms with van der Waals surface area (Å²) in [6.07, 6.45) is 9.80. The Hall–Kier alpha value is -0.600. The highest BCUT2D eigenvalue weighted by molar-refractivity contribution is 5.25. The summed E-state index contributed by atoms with van der Waals surface area (Å²) in [5.41, 5.74) is -0.237. The van der Waals surface area contributed by atoms with Crippen LogP contribution in [0.2, 0.25) is 0 Å². The molecule has 0 amide bonds. The fourth-order valence-electron chi connectivity index (χ4n) is 1.65. The standard InChI is InChI=1S/C10H14O2/c1-2-11-8-10-6-3-4-9(12-10)5-7-10/h3,5-7,9H,2,4,8H2,1H3. The topological polar surface area (TPSA) is 18.5 Å². The van der Waals surface area contributed by atoms with Crippen LogP contribution in [0.25, 0.3) is 0 Å². The molecule has 0 aromatic heterocycles. The van der Waals surface area contributed by atoms with Crippen LogP contribution < -0.4 is 0 Å². The summed E-state index contributed by atoms with van der Waals surface area (Å²) in [6, 6.07) is 0. The lowest BCUT2D eigenvalue weighted by atomic mass is 10.1. The zero-order chi connectivity index (χ0) is 8.44. The van der Waals surface area contributed by atoms with Crippen LogP contribution in [0.4, 0.5) is 0 Å². The number of hydrogen-bond donors (Lipinski definition) is 0. The van der Waals surface area contributed by atoms with E-state index in [2.05, 4.69) is 24.3 Å². The Labute approximate surface area is 72.9 Å². The highest BCUT2D eigenvalue weighted by Crippen LogP contribution is 2.31. The Morgan fingerprint density at radius 3 is 3.33 bits per heavy atom. The molecule has 0 saturated carbocycles. The van der Waals surface area contributed by atoms with Crippen molar-refractivity contribution in [3.63, 3.8) is 0 Å². The summed E-state index contributed by atoms with van der Waals surface area (Å²) in [4.78, 5) is 0. The maximum Gasteiger partial charge on any atom is 0.128 e. The van der Waals surface area contributed by atoms with Gasteiger partial charge in [-0.25, -0.2) is 0 Å². The molecular weight excluding hydrogens is 152 g/mol. The van der Waals surface area contributed by atoms with Gasteiger partial charge in [0.25, 0.3) is 0 Å². The van der Waals surface area contributed by atoms with Crippen LogP contribution in [-0.4, -0.2) is 24.9 Å². The number of hydrogen-bond acceptors (Lipinski definition) is 2. The SMILES string of the molecule is CCOCC12C=CCC(C=C1)O2. The van der Waals surface area contributed by atoms with Gasteiger partial charge in [0.15, 0.2) is 0 Å². The molecular formula is C10H14O2. The summed E-state index contributed by atoms with van der Waals surface area (Å²) < 4.78 is 11.1. The fourth-order valence-corrected chi connectivity index (χ4v) is 1.65. The van der Waals surface area contributed by atoms with Crippen molar-refractivity contribution in [3.05, 3.63) is 24.3 Å². The first-order valence-corrected chi connectivity index (χ1v) is 4.47. The molecule has 2 bridgehead atoms.